The van der Waals surface area contributed by atoms with Crippen LogP contribution < -0.4 is 10.5 Å². The molecule has 0 aliphatic heterocycles. The van der Waals surface area contributed by atoms with Gasteiger partial charge in [0.15, 0.2) is 11.6 Å². The summed E-state index contributed by atoms with van der Waals surface area (Å²) in [6, 6.07) is 6.96. The van der Waals surface area contributed by atoms with E-state index in [-0.39, 0.29) is 22.5 Å². The van der Waals surface area contributed by atoms with Gasteiger partial charge in [0.25, 0.3) is 0 Å². The molecule has 2 aromatic carbocycles. The third-order valence-electron chi connectivity index (χ3n) is 2.76. The molecule has 0 saturated carbocycles. The Bertz CT molecular complexity index is 641. The molecule has 0 bridgehead atoms. The molecule has 0 amide bonds. The average molecular weight is 364 g/mol. The normalized spacial score (nSPS) is 11.5. The first-order chi connectivity index (χ1) is 9.82. The summed E-state index contributed by atoms with van der Waals surface area (Å²) in [5, 5.41) is 0. The van der Waals surface area contributed by atoms with E-state index < -0.39 is 17.6 Å². The lowest BCUT2D eigenvalue weighted by atomic mass is 10.2. The van der Waals surface area contributed by atoms with Gasteiger partial charge in [-0.15, -0.1) is 0 Å². The maximum absolute atomic E-state index is 14.0. The van der Waals surface area contributed by atoms with Crippen LogP contribution in [0, 0.1) is 5.82 Å². The molecule has 0 saturated heterocycles. The Labute approximate surface area is 126 Å². The van der Waals surface area contributed by atoms with Crippen molar-refractivity contribution < 1.29 is 22.3 Å². The summed E-state index contributed by atoms with van der Waals surface area (Å²) in [4.78, 5) is 0. The fourth-order valence-corrected chi connectivity index (χ4v) is 2.14. The van der Waals surface area contributed by atoms with Crippen LogP contribution in [0.5, 0.6) is 11.5 Å². The monoisotopic (exact) mass is 363 g/mol. The molecule has 21 heavy (non-hydrogen) atoms. The third kappa shape index (κ3) is 3.54. The molecule has 0 aliphatic carbocycles. The molecule has 2 nitrogen and oxygen atoms in total. The molecule has 0 unspecified atom stereocenters. The third-order valence-corrected chi connectivity index (χ3v) is 3.61. The predicted octanol–water partition coefficient (Wildman–Crippen LogP) is 4.86. The highest BCUT2D eigenvalue weighted by molar-refractivity contribution is 9.10. The lowest BCUT2D eigenvalue weighted by molar-refractivity contribution is -0.137. The number of rotatable bonds is 3. The van der Waals surface area contributed by atoms with Crippen molar-refractivity contribution in [2.24, 2.45) is 5.73 Å². The van der Waals surface area contributed by atoms with E-state index in [0.29, 0.717) is 5.56 Å². The summed E-state index contributed by atoms with van der Waals surface area (Å²) < 4.78 is 56.7. The molecular formula is C14H10BrF4NO. The largest absolute Gasteiger partial charge is 0.454 e. The summed E-state index contributed by atoms with van der Waals surface area (Å²) in [6.45, 7) is 0.151. The van der Waals surface area contributed by atoms with Gasteiger partial charge in [-0.3, -0.25) is 0 Å². The smallest absolute Gasteiger partial charge is 0.416 e. The van der Waals surface area contributed by atoms with E-state index in [1.165, 1.54) is 6.07 Å². The Morgan fingerprint density at radius 3 is 2.19 bits per heavy atom. The van der Waals surface area contributed by atoms with Crippen molar-refractivity contribution in [1.29, 1.82) is 0 Å². The van der Waals surface area contributed by atoms with Crippen LogP contribution >= 0.6 is 15.9 Å². The van der Waals surface area contributed by atoms with E-state index in [0.717, 1.165) is 24.3 Å². The van der Waals surface area contributed by atoms with E-state index in [9.17, 15) is 17.6 Å². The SMILES string of the molecule is NCc1ccc(Oc2ccc(C(F)(F)F)cc2)c(F)c1Br. The van der Waals surface area contributed by atoms with Crippen LogP contribution in [0.1, 0.15) is 11.1 Å². The lowest BCUT2D eigenvalue weighted by Gasteiger charge is -2.11. The lowest BCUT2D eigenvalue weighted by Crippen LogP contribution is -2.04. The molecule has 0 spiro atoms. The van der Waals surface area contributed by atoms with Crippen molar-refractivity contribution in [3.05, 3.63) is 57.8 Å². The van der Waals surface area contributed by atoms with Crippen LogP contribution in [0.2, 0.25) is 0 Å². The second-order valence-corrected chi connectivity index (χ2v) is 4.97. The van der Waals surface area contributed by atoms with Crippen LogP contribution in [0.4, 0.5) is 17.6 Å². The molecule has 2 N–H and O–H groups in total. The molecule has 0 fully saturated rings. The van der Waals surface area contributed by atoms with Crippen molar-refractivity contribution in [2.75, 3.05) is 0 Å². The van der Waals surface area contributed by atoms with Crippen molar-refractivity contribution in [1.82, 2.24) is 0 Å². The summed E-state index contributed by atoms with van der Waals surface area (Å²) in [5.41, 5.74) is 5.20. The molecule has 112 valence electrons. The summed E-state index contributed by atoms with van der Waals surface area (Å²) in [5.74, 6) is -0.647. The van der Waals surface area contributed by atoms with Crippen LogP contribution in [0.25, 0.3) is 0 Å². The van der Waals surface area contributed by atoms with Gasteiger partial charge in [0.1, 0.15) is 5.75 Å². The van der Waals surface area contributed by atoms with Gasteiger partial charge >= 0.3 is 6.18 Å². The van der Waals surface area contributed by atoms with Gasteiger partial charge in [0.05, 0.1) is 10.0 Å². The molecule has 7 heteroatoms. The van der Waals surface area contributed by atoms with Gasteiger partial charge in [-0.1, -0.05) is 6.07 Å². The highest BCUT2D eigenvalue weighted by Gasteiger charge is 2.30. The number of halogens is 5. The fraction of sp³-hybridized carbons (Fsp3) is 0.143. The summed E-state index contributed by atoms with van der Waals surface area (Å²) in [7, 11) is 0. The highest BCUT2D eigenvalue weighted by Crippen LogP contribution is 2.34. The minimum Gasteiger partial charge on any atom is -0.454 e. The van der Waals surface area contributed by atoms with E-state index in [1.54, 1.807) is 6.07 Å². The fourth-order valence-electron chi connectivity index (χ4n) is 1.65. The maximum Gasteiger partial charge on any atom is 0.416 e. The van der Waals surface area contributed by atoms with Crippen LogP contribution in [0.3, 0.4) is 0 Å². The predicted molar refractivity (Wildman–Crippen MR) is 73.5 cm³/mol. The Hall–Kier alpha value is -1.60. The number of hydrogen-bond donors (Lipinski definition) is 1. The van der Waals surface area contributed by atoms with Gasteiger partial charge in [-0.25, -0.2) is 4.39 Å². The first kappa shape index (κ1) is 15.8. The van der Waals surface area contributed by atoms with Crippen LogP contribution in [-0.4, -0.2) is 0 Å². The van der Waals surface area contributed by atoms with E-state index >= 15 is 0 Å². The van der Waals surface area contributed by atoms with Crippen molar-refractivity contribution in [2.45, 2.75) is 12.7 Å². The van der Waals surface area contributed by atoms with E-state index in [1.807, 2.05) is 0 Å². The molecule has 0 heterocycles. The molecule has 0 atom stereocenters. The summed E-state index contributed by atoms with van der Waals surface area (Å²) >= 11 is 3.06. The number of nitrogens with two attached hydrogens (primary N) is 1. The highest BCUT2D eigenvalue weighted by atomic mass is 79.9. The molecule has 0 aliphatic rings. The van der Waals surface area contributed by atoms with E-state index in [4.69, 9.17) is 10.5 Å². The molecule has 0 radical (unpaired) electrons. The second kappa shape index (κ2) is 6.03. The van der Waals surface area contributed by atoms with Gasteiger partial charge in [0, 0.05) is 6.54 Å². The quantitative estimate of drug-likeness (QED) is 0.790. The Balaban J connectivity index is 2.25. The zero-order valence-electron chi connectivity index (χ0n) is 10.5. The summed E-state index contributed by atoms with van der Waals surface area (Å²) in [6.07, 6.45) is -4.42. The Kier molecular flexibility index (Phi) is 4.53. The zero-order valence-corrected chi connectivity index (χ0v) is 12.1. The van der Waals surface area contributed by atoms with Gasteiger partial charge in [-0.2, -0.15) is 13.2 Å². The van der Waals surface area contributed by atoms with Gasteiger partial charge in [-0.05, 0) is 51.8 Å². The Morgan fingerprint density at radius 2 is 1.67 bits per heavy atom. The van der Waals surface area contributed by atoms with Crippen molar-refractivity contribution in [3.63, 3.8) is 0 Å². The van der Waals surface area contributed by atoms with Crippen molar-refractivity contribution >= 4 is 15.9 Å². The molecular weight excluding hydrogens is 354 g/mol. The van der Waals surface area contributed by atoms with Crippen LogP contribution in [-0.2, 0) is 12.7 Å². The van der Waals surface area contributed by atoms with Crippen LogP contribution in [0.15, 0.2) is 40.9 Å². The first-order valence-electron chi connectivity index (χ1n) is 5.85. The van der Waals surface area contributed by atoms with Crippen molar-refractivity contribution in [3.8, 4) is 11.5 Å². The van der Waals surface area contributed by atoms with E-state index in [2.05, 4.69) is 15.9 Å². The minimum absolute atomic E-state index is 0.0983. The molecule has 2 rings (SSSR count). The number of benzene rings is 2. The number of ether oxygens (including phenoxy) is 1. The maximum atomic E-state index is 14.0. The standard InChI is InChI=1S/C14H10BrF4NO/c15-12-8(7-20)1-6-11(13(12)16)21-10-4-2-9(3-5-10)14(17,18)19/h1-6H,7,20H2. The average Bonchev–Trinajstić information content (AvgIpc) is 2.44. The minimum atomic E-state index is -4.42. The zero-order chi connectivity index (χ0) is 15.6. The Morgan fingerprint density at radius 1 is 1.05 bits per heavy atom. The topological polar surface area (TPSA) is 35.2 Å². The number of alkyl halides is 3. The molecule has 0 aromatic heterocycles. The first-order valence-corrected chi connectivity index (χ1v) is 6.64. The number of hydrogen-bond acceptors (Lipinski definition) is 2. The molecule has 2 aromatic rings. The van der Waals surface area contributed by atoms with Gasteiger partial charge < -0.3 is 10.5 Å². The van der Waals surface area contributed by atoms with Gasteiger partial charge in [0.2, 0.25) is 0 Å². The second-order valence-electron chi connectivity index (χ2n) is 4.18.